The molecule has 1 saturated heterocycles. The van der Waals surface area contributed by atoms with Gasteiger partial charge in [-0.15, -0.1) is 0 Å². The highest BCUT2D eigenvalue weighted by atomic mass is 19.2. The molecule has 0 unspecified atom stereocenters. The van der Waals surface area contributed by atoms with Gasteiger partial charge in [0, 0.05) is 38.3 Å². The van der Waals surface area contributed by atoms with Crippen LogP contribution in [0.2, 0.25) is 0 Å². The van der Waals surface area contributed by atoms with Gasteiger partial charge in [0.1, 0.15) is 0 Å². The first-order chi connectivity index (χ1) is 13.5. The molecule has 150 valence electrons. The Labute approximate surface area is 163 Å². The van der Waals surface area contributed by atoms with Crippen molar-refractivity contribution in [3.63, 3.8) is 0 Å². The van der Waals surface area contributed by atoms with Crippen molar-refractivity contribution in [2.75, 3.05) is 40.4 Å². The van der Waals surface area contributed by atoms with Gasteiger partial charge < -0.3 is 14.4 Å². The molecule has 0 radical (unpaired) electrons. The molecule has 1 aliphatic rings. The number of rotatable bonds is 5. The Morgan fingerprint density at radius 2 is 1.71 bits per heavy atom. The van der Waals surface area contributed by atoms with Crippen LogP contribution in [-0.2, 0) is 6.54 Å². The first-order valence-corrected chi connectivity index (χ1v) is 9.19. The van der Waals surface area contributed by atoms with Gasteiger partial charge in [-0.3, -0.25) is 9.69 Å². The van der Waals surface area contributed by atoms with E-state index in [9.17, 15) is 13.6 Å². The number of hydrogen-bond acceptors (Lipinski definition) is 4. The lowest BCUT2D eigenvalue weighted by molar-refractivity contribution is 0.0760. The zero-order chi connectivity index (χ0) is 20.1. The maximum atomic E-state index is 13.4. The number of amides is 1. The van der Waals surface area contributed by atoms with Crippen LogP contribution in [0, 0.1) is 11.6 Å². The van der Waals surface area contributed by atoms with Gasteiger partial charge in [0.05, 0.1) is 14.2 Å². The van der Waals surface area contributed by atoms with Crippen LogP contribution in [0.3, 0.4) is 0 Å². The minimum Gasteiger partial charge on any atom is -0.493 e. The molecule has 1 fully saturated rings. The van der Waals surface area contributed by atoms with Gasteiger partial charge in [0.2, 0.25) is 0 Å². The molecule has 3 rings (SSSR count). The third kappa shape index (κ3) is 4.59. The van der Waals surface area contributed by atoms with Crippen LogP contribution in [0.4, 0.5) is 8.78 Å². The SMILES string of the molecule is COc1ccc(C(=O)N2CCCN(Cc3ccc(F)c(F)c3)CC2)cc1OC. The fourth-order valence-corrected chi connectivity index (χ4v) is 3.38. The van der Waals surface area contributed by atoms with Crippen molar-refractivity contribution >= 4 is 5.91 Å². The lowest BCUT2D eigenvalue weighted by Crippen LogP contribution is -2.35. The van der Waals surface area contributed by atoms with Crippen molar-refractivity contribution in [1.29, 1.82) is 0 Å². The van der Waals surface area contributed by atoms with E-state index in [2.05, 4.69) is 4.90 Å². The highest BCUT2D eigenvalue weighted by Crippen LogP contribution is 2.28. The van der Waals surface area contributed by atoms with Crippen LogP contribution < -0.4 is 9.47 Å². The molecular weight excluding hydrogens is 366 g/mol. The Hall–Kier alpha value is -2.67. The normalized spacial score (nSPS) is 15.2. The highest BCUT2D eigenvalue weighted by molar-refractivity contribution is 5.95. The third-order valence-corrected chi connectivity index (χ3v) is 4.90. The third-order valence-electron chi connectivity index (χ3n) is 4.90. The van der Waals surface area contributed by atoms with Crippen molar-refractivity contribution < 1.29 is 23.0 Å². The maximum absolute atomic E-state index is 13.4. The van der Waals surface area contributed by atoms with Crippen molar-refractivity contribution in [3.05, 3.63) is 59.2 Å². The summed E-state index contributed by atoms with van der Waals surface area (Å²) >= 11 is 0. The van der Waals surface area contributed by atoms with Crippen LogP contribution >= 0.6 is 0 Å². The first kappa shape index (κ1) is 20.1. The molecule has 0 aliphatic carbocycles. The van der Waals surface area contributed by atoms with E-state index < -0.39 is 11.6 Å². The monoisotopic (exact) mass is 390 g/mol. The highest BCUT2D eigenvalue weighted by Gasteiger charge is 2.21. The second-order valence-corrected chi connectivity index (χ2v) is 6.74. The Morgan fingerprint density at radius 1 is 0.929 bits per heavy atom. The van der Waals surface area contributed by atoms with Gasteiger partial charge in [0.15, 0.2) is 23.1 Å². The molecular formula is C21H24F2N2O3. The smallest absolute Gasteiger partial charge is 0.254 e. The Balaban J connectivity index is 1.64. The molecule has 0 saturated carbocycles. The fourth-order valence-electron chi connectivity index (χ4n) is 3.38. The van der Waals surface area contributed by atoms with Crippen LogP contribution in [-0.4, -0.2) is 56.1 Å². The van der Waals surface area contributed by atoms with E-state index in [0.717, 1.165) is 24.6 Å². The van der Waals surface area contributed by atoms with E-state index in [0.29, 0.717) is 43.2 Å². The molecule has 0 aromatic heterocycles. The Kier molecular flexibility index (Phi) is 6.46. The maximum Gasteiger partial charge on any atom is 0.254 e. The topological polar surface area (TPSA) is 42.0 Å². The lowest BCUT2D eigenvalue weighted by atomic mass is 10.1. The van der Waals surface area contributed by atoms with Crippen LogP contribution in [0.1, 0.15) is 22.3 Å². The van der Waals surface area contributed by atoms with E-state index >= 15 is 0 Å². The van der Waals surface area contributed by atoms with Crippen molar-refractivity contribution in [2.45, 2.75) is 13.0 Å². The molecule has 0 atom stereocenters. The summed E-state index contributed by atoms with van der Waals surface area (Å²) in [4.78, 5) is 16.8. The largest absolute Gasteiger partial charge is 0.493 e. The van der Waals surface area contributed by atoms with Crippen LogP contribution in [0.5, 0.6) is 11.5 Å². The average molecular weight is 390 g/mol. The number of carbonyl (C=O) groups is 1. The minimum absolute atomic E-state index is 0.0596. The average Bonchev–Trinajstić information content (AvgIpc) is 2.95. The summed E-state index contributed by atoms with van der Waals surface area (Å²) in [7, 11) is 3.09. The van der Waals surface area contributed by atoms with Crippen LogP contribution in [0.25, 0.3) is 0 Å². The molecule has 2 aromatic rings. The molecule has 1 aliphatic heterocycles. The summed E-state index contributed by atoms with van der Waals surface area (Å²) in [5.74, 6) is -0.643. The second-order valence-electron chi connectivity index (χ2n) is 6.74. The standard InChI is InChI=1S/C21H24F2N2O3/c1-27-19-7-5-16(13-20(19)28-2)21(26)25-9-3-8-24(10-11-25)14-15-4-6-17(22)18(23)12-15/h4-7,12-13H,3,8-11,14H2,1-2H3. The van der Waals surface area contributed by atoms with Crippen LogP contribution in [0.15, 0.2) is 36.4 Å². The lowest BCUT2D eigenvalue weighted by Gasteiger charge is -2.22. The second kappa shape index (κ2) is 9.01. The van der Waals surface area contributed by atoms with E-state index in [4.69, 9.17) is 9.47 Å². The van der Waals surface area contributed by atoms with Gasteiger partial charge in [-0.2, -0.15) is 0 Å². The number of methoxy groups -OCH3 is 2. The van der Waals surface area contributed by atoms with E-state index in [1.54, 1.807) is 31.4 Å². The predicted molar refractivity (Wildman–Crippen MR) is 102 cm³/mol. The van der Waals surface area contributed by atoms with Crippen molar-refractivity contribution in [1.82, 2.24) is 9.80 Å². The summed E-state index contributed by atoms with van der Waals surface area (Å²) < 4.78 is 37.0. The fraction of sp³-hybridized carbons (Fsp3) is 0.381. The molecule has 0 bridgehead atoms. The van der Waals surface area contributed by atoms with E-state index in [1.807, 2.05) is 4.90 Å². The predicted octanol–water partition coefficient (Wildman–Crippen LogP) is 3.33. The molecule has 1 heterocycles. The van der Waals surface area contributed by atoms with Gasteiger partial charge in [-0.05, 0) is 42.3 Å². The number of nitrogens with zero attached hydrogens (tertiary/aromatic N) is 2. The molecule has 28 heavy (non-hydrogen) atoms. The summed E-state index contributed by atoms with van der Waals surface area (Å²) in [6.07, 6.45) is 0.808. The quantitative estimate of drug-likeness (QED) is 0.786. The van der Waals surface area contributed by atoms with Gasteiger partial charge in [-0.25, -0.2) is 8.78 Å². The summed E-state index contributed by atoms with van der Waals surface area (Å²) in [5.41, 5.74) is 1.27. The molecule has 0 spiro atoms. The molecule has 1 amide bonds. The Bertz CT molecular complexity index is 844. The number of halogens is 2. The first-order valence-electron chi connectivity index (χ1n) is 9.19. The molecule has 7 heteroatoms. The molecule has 2 aromatic carbocycles. The number of ether oxygens (including phenoxy) is 2. The Morgan fingerprint density at radius 3 is 2.43 bits per heavy atom. The van der Waals surface area contributed by atoms with Crippen molar-refractivity contribution in [2.24, 2.45) is 0 Å². The number of carbonyl (C=O) groups excluding carboxylic acids is 1. The number of hydrogen-bond donors (Lipinski definition) is 0. The summed E-state index contributed by atoms with van der Waals surface area (Å²) in [5, 5.41) is 0. The molecule has 5 nitrogen and oxygen atoms in total. The molecule has 0 N–H and O–H groups in total. The van der Waals surface area contributed by atoms with E-state index in [-0.39, 0.29) is 5.91 Å². The minimum atomic E-state index is -0.841. The summed E-state index contributed by atoms with van der Waals surface area (Å²) in [6, 6.07) is 9.11. The number of benzene rings is 2. The van der Waals surface area contributed by atoms with Gasteiger partial charge in [0.25, 0.3) is 5.91 Å². The zero-order valence-electron chi connectivity index (χ0n) is 16.1. The van der Waals surface area contributed by atoms with E-state index in [1.165, 1.54) is 13.2 Å². The zero-order valence-corrected chi connectivity index (χ0v) is 16.1. The summed E-state index contributed by atoms with van der Waals surface area (Å²) in [6.45, 7) is 3.18. The van der Waals surface area contributed by atoms with Crippen molar-refractivity contribution in [3.8, 4) is 11.5 Å². The van der Waals surface area contributed by atoms with Gasteiger partial charge >= 0.3 is 0 Å². The van der Waals surface area contributed by atoms with Gasteiger partial charge in [-0.1, -0.05) is 6.07 Å².